The van der Waals surface area contributed by atoms with E-state index in [2.05, 4.69) is 12.1 Å². The predicted molar refractivity (Wildman–Crippen MR) is 46.8 cm³/mol. The molecule has 63 valence electrons. The zero-order chi connectivity index (χ0) is 8.39. The lowest BCUT2D eigenvalue weighted by Gasteiger charge is -2.07. The first-order valence-corrected chi connectivity index (χ1v) is 4.46. The second-order valence-electron chi connectivity index (χ2n) is 3.44. The van der Waals surface area contributed by atoms with Gasteiger partial charge in [-0.1, -0.05) is 24.3 Å². The third-order valence-corrected chi connectivity index (χ3v) is 2.57. The quantitative estimate of drug-likeness (QED) is 0.596. The fourth-order valence-corrected chi connectivity index (χ4v) is 1.89. The molecule has 1 aromatic carbocycles. The Labute approximate surface area is 72.4 Å². The lowest BCUT2D eigenvalue weighted by Crippen LogP contribution is -1.94. The summed E-state index contributed by atoms with van der Waals surface area (Å²) in [6.45, 7) is 0. The summed E-state index contributed by atoms with van der Waals surface area (Å²) in [4.78, 5) is 0. The molecule has 1 aliphatic carbocycles. The number of hydrogen-bond donors (Lipinski definition) is 0. The number of benzene rings is 1. The number of hydrogen-bond acceptors (Lipinski definition) is 0. The Balaban J connectivity index is 2.11. The molecule has 1 aliphatic rings. The minimum absolute atomic E-state index is 0.442. The Hall–Kier alpha value is -0.850. The van der Waals surface area contributed by atoms with E-state index in [1.807, 2.05) is 18.2 Å². The molecule has 1 heteroatoms. The molecule has 0 saturated heterocycles. The average molecular weight is 163 g/mol. The summed E-state index contributed by atoms with van der Waals surface area (Å²) < 4.78 is 12.8. The molecule has 0 amide bonds. The third-order valence-electron chi connectivity index (χ3n) is 2.57. The number of rotatable bonds is 1. The molecule has 1 radical (unpaired) electrons. The Morgan fingerprint density at radius 1 is 1.42 bits per heavy atom. The van der Waals surface area contributed by atoms with Crippen LogP contribution in [0.25, 0.3) is 0 Å². The van der Waals surface area contributed by atoms with Crippen molar-refractivity contribution in [3.8, 4) is 0 Å². The molecular weight excluding hydrogens is 151 g/mol. The molecule has 0 nitrogen and oxygen atoms in total. The van der Waals surface area contributed by atoms with Gasteiger partial charge in [-0.3, -0.25) is 0 Å². The van der Waals surface area contributed by atoms with E-state index in [9.17, 15) is 4.39 Å². The maximum absolute atomic E-state index is 12.8. The van der Waals surface area contributed by atoms with Crippen LogP contribution in [0.3, 0.4) is 0 Å². The van der Waals surface area contributed by atoms with Crippen LogP contribution in [-0.2, 0) is 0 Å². The molecule has 0 spiro atoms. The van der Waals surface area contributed by atoms with Crippen LogP contribution in [-0.4, -0.2) is 6.17 Å². The van der Waals surface area contributed by atoms with Crippen molar-refractivity contribution in [2.24, 2.45) is 0 Å². The van der Waals surface area contributed by atoms with Crippen LogP contribution in [0.4, 0.5) is 4.39 Å². The summed E-state index contributed by atoms with van der Waals surface area (Å²) in [5, 5.41) is 0. The second kappa shape index (κ2) is 3.26. The molecule has 1 fully saturated rings. The normalized spacial score (nSPS) is 29.1. The SMILES string of the molecule is FC1CCC(c2c[c]ccc2)C1. The minimum atomic E-state index is -0.574. The van der Waals surface area contributed by atoms with Gasteiger partial charge < -0.3 is 0 Å². The highest BCUT2D eigenvalue weighted by atomic mass is 19.1. The van der Waals surface area contributed by atoms with Crippen LogP contribution in [0.15, 0.2) is 24.3 Å². The maximum Gasteiger partial charge on any atom is 0.101 e. The lowest BCUT2D eigenvalue weighted by molar-refractivity contribution is 0.339. The van der Waals surface area contributed by atoms with Crippen molar-refractivity contribution < 1.29 is 4.39 Å². The summed E-state index contributed by atoms with van der Waals surface area (Å²) in [6, 6.07) is 10.9. The Morgan fingerprint density at radius 3 is 2.92 bits per heavy atom. The fraction of sp³-hybridized carbons (Fsp3) is 0.455. The summed E-state index contributed by atoms with van der Waals surface area (Å²) in [5.74, 6) is 0.442. The van der Waals surface area contributed by atoms with Crippen LogP contribution < -0.4 is 0 Å². The van der Waals surface area contributed by atoms with Gasteiger partial charge in [0.2, 0.25) is 0 Å². The highest BCUT2D eigenvalue weighted by Gasteiger charge is 2.24. The van der Waals surface area contributed by atoms with Gasteiger partial charge in [-0.25, -0.2) is 4.39 Å². The van der Waals surface area contributed by atoms with Gasteiger partial charge >= 0.3 is 0 Å². The first-order valence-electron chi connectivity index (χ1n) is 4.46. The largest absolute Gasteiger partial charge is 0.247 e. The van der Waals surface area contributed by atoms with Crippen molar-refractivity contribution in [3.05, 3.63) is 35.9 Å². The Bertz CT molecular complexity index is 242. The minimum Gasteiger partial charge on any atom is -0.247 e. The van der Waals surface area contributed by atoms with E-state index >= 15 is 0 Å². The van der Waals surface area contributed by atoms with Crippen LogP contribution in [0.2, 0.25) is 0 Å². The second-order valence-corrected chi connectivity index (χ2v) is 3.44. The van der Waals surface area contributed by atoms with Crippen molar-refractivity contribution in [2.45, 2.75) is 31.4 Å². The highest BCUT2D eigenvalue weighted by Crippen LogP contribution is 2.35. The van der Waals surface area contributed by atoms with Crippen molar-refractivity contribution in [1.29, 1.82) is 0 Å². The van der Waals surface area contributed by atoms with E-state index in [1.165, 1.54) is 5.56 Å². The zero-order valence-electron chi connectivity index (χ0n) is 6.96. The van der Waals surface area contributed by atoms with E-state index < -0.39 is 6.17 Å². The fourth-order valence-electron chi connectivity index (χ4n) is 1.89. The number of alkyl halides is 1. The van der Waals surface area contributed by atoms with Crippen molar-refractivity contribution in [2.75, 3.05) is 0 Å². The van der Waals surface area contributed by atoms with E-state index in [0.717, 1.165) is 12.8 Å². The van der Waals surface area contributed by atoms with E-state index in [1.54, 1.807) is 0 Å². The van der Waals surface area contributed by atoms with Crippen molar-refractivity contribution >= 4 is 0 Å². The zero-order valence-corrected chi connectivity index (χ0v) is 6.96. The molecule has 0 aromatic heterocycles. The Kier molecular flexibility index (Phi) is 2.11. The first kappa shape index (κ1) is 7.78. The molecular formula is C11H12F. The topological polar surface area (TPSA) is 0 Å². The monoisotopic (exact) mass is 163 g/mol. The molecule has 2 rings (SSSR count). The van der Waals surface area contributed by atoms with E-state index in [0.29, 0.717) is 12.3 Å². The highest BCUT2D eigenvalue weighted by molar-refractivity contribution is 5.19. The average Bonchev–Trinajstić information content (AvgIpc) is 2.54. The van der Waals surface area contributed by atoms with Gasteiger partial charge in [0.25, 0.3) is 0 Å². The van der Waals surface area contributed by atoms with Gasteiger partial charge in [-0.05, 0) is 36.8 Å². The maximum atomic E-state index is 12.8. The van der Waals surface area contributed by atoms with Gasteiger partial charge in [-0.2, -0.15) is 0 Å². The molecule has 1 aromatic rings. The van der Waals surface area contributed by atoms with Gasteiger partial charge in [0.1, 0.15) is 6.17 Å². The van der Waals surface area contributed by atoms with E-state index in [-0.39, 0.29) is 0 Å². The molecule has 0 N–H and O–H groups in total. The van der Waals surface area contributed by atoms with Crippen LogP contribution in [0.5, 0.6) is 0 Å². The summed E-state index contributed by atoms with van der Waals surface area (Å²) in [6.07, 6.45) is 1.87. The van der Waals surface area contributed by atoms with Gasteiger partial charge in [-0.15, -0.1) is 0 Å². The summed E-state index contributed by atoms with van der Waals surface area (Å²) >= 11 is 0. The smallest absolute Gasteiger partial charge is 0.101 e. The standard InChI is InChI=1S/C11H12F/c12-11-7-6-10(8-11)9-4-2-1-3-5-9/h1-2,4-5,10-11H,6-8H2. The van der Waals surface area contributed by atoms with Gasteiger partial charge in [0, 0.05) is 0 Å². The number of halogens is 1. The molecule has 2 atom stereocenters. The van der Waals surface area contributed by atoms with Crippen molar-refractivity contribution in [3.63, 3.8) is 0 Å². The third kappa shape index (κ3) is 1.50. The lowest BCUT2D eigenvalue weighted by atomic mass is 9.98. The Morgan fingerprint density at radius 2 is 2.33 bits per heavy atom. The van der Waals surface area contributed by atoms with E-state index in [4.69, 9.17) is 0 Å². The van der Waals surface area contributed by atoms with Crippen LogP contribution in [0.1, 0.15) is 30.7 Å². The molecule has 0 heterocycles. The van der Waals surface area contributed by atoms with Gasteiger partial charge in [0.05, 0.1) is 0 Å². The molecule has 12 heavy (non-hydrogen) atoms. The first-order chi connectivity index (χ1) is 5.86. The molecule has 0 bridgehead atoms. The molecule has 1 saturated carbocycles. The molecule has 2 unspecified atom stereocenters. The van der Waals surface area contributed by atoms with Crippen LogP contribution in [0, 0.1) is 6.07 Å². The van der Waals surface area contributed by atoms with Crippen molar-refractivity contribution in [1.82, 2.24) is 0 Å². The predicted octanol–water partition coefficient (Wildman–Crippen LogP) is 3.09. The summed E-state index contributed by atoms with van der Waals surface area (Å²) in [5.41, 5.74) is 1.25. The van der Waals surface area contributed by atoms with Gasteiger partial charge in [0.15, 0.2) is 0 Å². The summed E-state index contributed by atoms with van der Waals surface area (Å²) in [7, 11) is 0. The molecule has 0 aliphatic heterocycles. The van der Waals surface area contributed by atoms with Crippen LogP contribution >= 0.6 is 0 Å².